The summed E-state index contributed by atoms with van der Waals surface area (Å²) >= 11 is 0. The summed E-state index contributed by atoms with van der Waals surface area (Å²) < 4.78 is 6.01. The van der Waals surface area contributed by atoms with Crippen LogP contribution in [-0.4, -0.2) is 36.2 Å². The molecule has 0 aliphatic carbocycles. The number of hydrogen-bond donors (Lipinski definition) is 2. The van der Waals surface area contributed by atoms with E-state index in [9.17, 15) is 4.79 Å². The minimum absolute atomic E-state index is 0.120. The maximum atomic E-state index is 12.3. The number of nitrogens with one attached hydrogen (secondary N) is 2. The monoisotopic (exact) mass is 254 g/mol. The quantitative estimate of drug-likeness (QED) is 0.784. The maximum absolute atomic E-state index is 12.3. The fourth-order valence-electron chi connectivity index (χ4n) is 3.16. The predicted molar refractivity (Wildman–Crippen MR) is 71.4 cm³/mol. The van der Waals surface area contributed by atoms with E-state index in [0.29, 0.717) is 0 Å². The molecule has 2 rings (SSSR count). The first-order chi connectivity index (χ1) is 8.30. The van der Waals surface area contributed by atoms with E-state index in [1.807, 2.05) is 0 Å². The van der Waals surface area contributed by atoms with E-state index in [2.05, 4.69) is 38.3 Å². The summed E-state index contributed by atoms with van der Waals surface area (Å²) in [5.41, 5.74) is -0.415. The SMILES string of the molecule is CC1(C)CC(NC(=O)C2CCNCC2)C(C)(C)O1. The molecule has 2 N–H and O–H groups in total. The van der Waals surface area contributed by atoms with Crippen molar-refractivity contribution < 1.29 is 9.53 Å². The minimum atomic E-state index is -0.272. The molecule has 2 aliphatic heterocycles. The number of ether oxygens (including phenoxy) is 1. The highest BCUT2D eigenvalue weighted by molar-refractivity contribution is 5.79. The Morgan fingerprint density at radius 1 is 1.22 bits per heavy atom. The Bertz CT molecular complexity index is 320. The van der Waals surface area contributed by atoms with Gasteiger partial charge in [0, 0.05) is 5.92 Å². The smallest absolute Gasteiger partial charge is 0.223 e. The predicted octanol–water partition coefficient (Wildman–Crippen LogP) is 1.45. The molecule has 1 unspecified atom stereocenters. The second kappa shape index (κ2) is 4.82. The highest BCUT2D eigenvalue weighted by Crippen LogP contribution is 2.37. The summed E-state index contributed by atoms with van der Waals surface area (Å²) in [6, 6.07) is 0.120. The van der Waals surface area contributed by atoms with E-state index in [0.717, 1.165) is 32.4 Å². The van der Waals surface area contributed by atoms with Crippen LogP contribution in [0, 0.1) is 5.92 Å². The largest absolute Gasteiger partial charge is 0.367 e. The summed E-state index contributed by atoms with van der Waals surface area (Å²) in [5, 5.41) is 6.49. The molecule has 1 amide bonds. The third kappa shape index (κ3) is 3.04. The molecule has 0 aromatic heterocycles. The third-order valence-electron chi connectivity index (χ3n) is 4.10. The van der Waals surface area contributed by atoms with Crippen molar-refractivity contribution in [1.82, 2.24) is 10.6 Å². The third-order valence-corrected chi connectivity index (χ3v) is 4.10. The topological polar surface area (TPSA) is 50.4 Å². The van der Waals surface area contributed by atoms with Gasteiger partial charge in [0.2, 0.25) is 5.91 Å². The molecule has 0 spiro atoms. The molecule has 0 radical (unpaired) electrons. The van der Waals surface area contributed by atoms with Gasteiger partial charge < -0.3 is 15.4 Å². The molecular formula is C14H26N2O2. The van der Waals surface area contributed by atoms with Crippen LogP contribution < -0.4 is 10.6 Å². The van der Waals surface area contributed by atoms with Crippen molar-refractivity contribution >= 4 is 5.91 Å². The number of hydrogen-bond acceptors (Lipinski definition) is 3. The highest BCUT2D eigenvalue weighted by atomic mass is 16.5. The zero-order valence-corrected chi connectivity index (χ0v) is 12.0. The van der Waals surface area contributed by atoms with Gasteiger partial charge in [-0.3, -0.25) is 4.79 Å². The van der Waals surface area contributed by atoms with Crippen LogP contribution in [-0.2, 0) is 9.53 Å². The Balaban J connectivity index is 1.94. The number of carbonyl (C=O) groups is 1. The fourth-order valence-corrected chi connectivity index (χ4v) is 3.16. The van der Waals surface area contributed by atoms with Crippen molar-refractivity contribution in [2.75, 3.05) is 13.1 Å². The van der Waals surface area contributed by atoms with Gasteiger partial charge in [0.25, 0.3) is 0 Å². The summed E-state index contributed by atoms with van der Waals surface area (Å²) in [5.74, 6) is 0.377. The van der Waals surface area contributed by atoms with Crippen molar-refractivity contribution in [3.8, 4) is 0 Å². The second-order valence-electron chi connectivity index (χ2n) is 6.75. The van der Waals surface area contributed by atoms with Crippen LogP contribution in [0.5, 0.6) is 0 Å². The number of carbonyl (C=O) groups excluding carboxylic acids is 1. The number of piperidine rings is 1. The first-order valence-corrected chi connectivity index (χ1v) is 7.01. The van der Waals surface area contributed by atoms with Gasteiger partial charge in [-0.15, -0.1) is 0 Å². The average molecular weight is 254 g/mol. The Hall–Kier alpha value is -0.610. The van der Waals surface area contributed by atoms with Crippen molar-refractivity contribution in [2.24, 2.45) is 5.92 Å². The van der Waals surface area contributed by atoms with Crippen LogP contribution in [0.1, 0.15) is 47.0 Å². The summed E-state index contributed by atoms with van der Waals surface area (Å²) in [6.07, 6.45) is 2.78. The van der Waals surface area contributed by atoms with E-state index in [4.69, 9.17) is 4.74 Å². The Labute approximate surface area is 110 Å². The van der Waals surface area contributed by atoms with Crippen molar-refractivity contribution in [3.05, 3.63) is 0 Å². The molecule has 104 valence electrons. The first-order valence-electron chi connectivity index (χ1n) is 7.01. The van der Waals surface area contributed by atoms with Crippen LogP contribution in [0.15, 0.2) is 0 Å². The molecule has 2 fully saturated rings. The molecule has 2 aliphatic rings. The van der Waals surface area contributed by atoms with Crippen LogP contribution in [0.4, 0.5) is 0 Å². The second-order valence-corrected chi connectivity index (χ2v) is 6.75. The van der Waals surface area contributed by atoms with E-state index in [1.165, 1.54) is 0 Å². The van der Waals surface area contributed by atoms with Crippen molar-refractivity contribution in [1.29, 1.82) is 0 Å². The lowest BCUT2D eigenvalue weighted by Crippen LogP contribution is -2.49. The molecule has 0 bridgehead atoms. The van der Waals surface area contributed by atoms with Crippen molar-refractivity contribution in [2.45, 2.75) is 64.2 Å². The summed E-state index contributed by atoms with van der Waals surface area (Å²) in [4.78, 5) is 12.3. The zero-order valence-electron chi connectivity index (χ0n) is 12.0. The van der Waals surface area contributed by atoms with E-state index in [1.54, 1.807) is 0 Å². The highest BCUT2D eigenvalue weighted by Gasteiger charge is 2.46. The van der Waals surface area contributed by atoms with Gasteiger partial charge in [0.05, 0.1) is 17.2 Å². The lowest BCUT2D eigenvalue weighted by molar-refractivity contribution is -0.128. The van der Waals surface area contributed by atoms with Crippen LogP contribution in [0.2, 0.25) is 0 Å². The standard InChI is InChI=1S/C14H26N2O2/c1-13(2)9-11(14(3,4)18-13)16-12(17)10-5-7-15-8-6-10/h10-11,15H,5-9H2,1-4H3,(H,16,17). The fraction of sp³-hybridized carbons (Fsp3) is 0.929. The molecule has 18 heavy (non-hydrogen) atoms. The minimum Gasteiger partial charge on any atom is -0.367 e. The molecule has 1 atom stereocenters. The van der Waals surface area contributed by atoms with Gasteiger partial charge >= 0.3 is 0 Å². The lowest BCUT2D eigenvalue weighted by Gasteiger charge is -2.30. The van der Waals surface area contributed by atoms with Crippen molar-refractivity contribution in [3.63, 3.8) is 0 Å². The number of rotatable bonds is 2. The van der Waals surface area contributed by atoms with E-state index in [-0.39, 0.29) is 29.1 Å². The Morgan fingerprint density at radius 3 is 2.33 bits per heavy atom. The normalized spacial score (nSPS) is 31.2. The molecule has 0 aromatic carbocycles. The van der Waals surface area contributed by atoms with Gasteiger partial charge in [-0.2, -0.15) is 0 Å². The molecular weight excluding hydrogens is 228 g/mol. The van der Waals surface area contributed by atoms with Gasteiger partial charge in [-0.25, -0.2) is 0 Å². The van der Waals surface area contributed by atoms with Crippen LogP contribution >= 0.6 is 0 Å². The van der Waals surface area contributed by atoms with Gasteiger partial charge in [-0.1, -0.05) is 0 Å². The lowest BCUT2D eigenvalue weighted by atomic mass is 9.92. The summed E-state index contributed by atoms with van der Waals surface area (Å²) in [7, 11) is 0. The molecule has 0 saturated carbocycles. The van der Waals surface area contributed by atoms with Gasteiger partial charge in [0.15, 0.2) is 0 Å². The number of amides is 1. The van der Waals surface area contributed by atoms with E-state index >= 15 is 0 Å². The molecule has 0 aromatic rings. The average Bonchev–Trinajstić information content (AvgIpc) is 2.48. The van der Waals surface area contributed by atoms with Crippen LogP contribution in [0.3, 0.4) is 0 Å². The molecule has 2 saturated heterocycles. The van der Waals surface area contributed by atoms with Crippen LogP contribution in [0.25, 0.3) is 0 Å². The first kappa shape index (κ1) is 13.8. The maximum Gasteiger partial charge on any atom is 0.223 e. The molecule has 4 nitrogen and oxygen atoms in total. The zero-order chi connectivity index (χ0) is 13.4. The summed E-state index contributed by atoms with van der Waals surface area (Å²) in [6.45, 7) is 10.2. The molecule has 4 heteroatoms. The Kier molecular flexibility index (Phi) is 3.70. The van der Waals surface area contributed by atoms with Gasteiger partial charge in [0.1, 0.15) is 0 Å². The Morgan fingerprint density at radius 2 is 1.83 bits per heavy atom. The molecule has 2 heterocycles. The van der Waals surface area contributed by atoms with E-state index < -0.39 is 0 Å². The van der Waals surface area contributed by atoms with Gasteiger partial charge in [-0.05, 0) is 60.0 Å².